The SMILES string of the molecule is CO[Si](CCCN(CCC(=O)NCCCCCCCCCCCCN(CP(c1ccccc1)c1ccccc1)CP(c1ccccc1)c1ccccc1)CCC(=O)NCCCCCCCCCCCCN(CP(c1ccccc1)c1ccccc1)CP(c1ccccc1)c1ccccc1)(OC)OC. The predicted molar refractivity (Wildman–Crippen MR) is 449 cm³/mol. The minimum absolute atomic E-state index is 0.0760. The Morgan fingerprint density at radius 2 is 0.476 bits per heavy atom. The zero-order valence-corrected chi connectivity index (χ0v) is 67.1. The summed E-state index contributed by atoms with van der Waals surface area (Å²) in [5, 5.41) is 18.0. The van der Waals surface area contributed by atoms with Gasteiger partial charge in [0.2, 0.25) is 11.8 Å². The van der Waals surface area contributed by atoms with Crippen LogP contribution < -0.4 is 53.1 Å². The van der Waals surface area contributed by atoms with Gasteiger partial charge in [-0.15, -0.1) is 0 Å². The number of carbonyl (C=O) groups excluding carboxylic acids is 2. The van der Waals surface area contributed by atoms with Gasteiger partial charge in [0.25, 0.3) is 0 Å². The molecule has 0 aromatic heterocycles. The molecular weight excluding hydrogens is 1360 g/mol. The Labute approximate surface area is 627 Å². The molecule has 2 amide bonds. The maximum absolute atomic E-state index is 13.2. The average Bonchev–Trinajstić information content (AvgIpc) is 0.836. The van der Waals surface area contributed by atoms with Crippen LogP contribution in [0.15, 0.2) is 243 Å². The highest BCUT2D eigenvalue weighted by molar-refractivity contribution is 7.74. The fraction of sp³-hybridized carbons (Fsp3) is 0.432. The van der Waals surface area contributed by atoms with E-state index >= 15 is 0 Å². The molecule has 0 saturated carbocycles. The van der Waals surface area contributed by atoms with Crippen LogP contribution >= 0.6 is 31.7 Å². The number of nitrogens with one attached hydrogen (secondary N) is 2. The van der Waals surface area contributed by atoms with Crippen LogP contribution in [0.3, 0.4) is 0 Å². The smallest absolute Gasteiger partial charge is 0.377 e. The van der Waals surface area contributed by atoms with Crippen molar-refractivity contribution in [3.63, 3.8) is 0 Å². The molecule has 15 heteroatoms. The Hall–Kier alpha value is -5.60. The Bertz CT molecular complexity index is 2880. The lowest BCUT2D eigenvalue weighted by Crippen LogP contribution is -2.43. The first-order valence-electron chi connectivity index (χ1n) is 38.7. The van der Waals surface area contributed by atoms with Crippen molar-refractivity contribution in [2.75, 3.05) is 92.3 Å². The maximum atomic E-state index is 13.2. The molecule has 0 aliphatic heterocycles. The van der Waals surface area contributed by atoms with Crippen LogP contribution in [-0.2, 0) is 22.9 Å². The van der Waals surface area contributed by atoms with Gasteiger partial charge in [-0.1, -0.05) is 345 Å². The van der Waals surface area contributed by atoms with Gasteiger partial charge in [0, 0.05) is 91.5 Å². The number of amides is 2. The third-order valence-corrected chi connectivity index (χ3v) is 32.5. The minimum atomic E-state index is -2.74. The van der Waals surface area contributed by atoms with Gasteiger partial charge in [0.05, 0.1) is 0 Å². The molecular formula is C88H121N5O5P4Si. The summed E-state index contributed by atoms with van der Waals surface area (Å²) >= 11 is 0. The van der Waals surface area contributed by atoms with Crippen LogP contribution in [0.4, 0.5) is 0 Å². The molecule has 8 aromatic carbocycles. The van der Waals surface area contributed by atoms with Gasteiger partial charge in [0.15, 0.2) is 0 Å². The molecule has 8 rings (SSSR count). The Morgan fingerprint density at radius 1 is 0.272 bits per heavy atom. The van der Waals surface area contributed by atoms with E-state index in [0.717, 1.165) is 76.9 Å². The summed E-state index contributed by atoms with van der Waals surface area (Å²) in [6, 6.07) is 90.4. The highest BCUT2D eigenvalue weighted by Crippen LogP contribution is 2.42. The van der Waals surface area contributed by atoms with E-state index in [9.17, 15) is 9.59 Å². The number of hydrogen-bond donors (Lipinski definition) is 2. The van der Waals surface area contributed by atoms with Gasteiger partial charge in [-0.2, -0.15) is 0 Å². The third-order valence-electron chi connectivity index (χ3n) is 19.6. The molecule has 0 heterocycles. The normalized spacial score (nSPS) is 11.9. The molecule has 0 aliphatic carbocycles. The highest BCUT2D eigenvalue weighted by Gasteiger charge is 2.37. The largest absolute Gasteiger partial charge is 0.500 e. The van der Waals surface area contributed by atoms with Crippen molar-refractivity contribution >= 4 is 94.7 Å². The van der Waals surface area contributed by atoms with E-state index in [-0.39, 0.29) is 11.8 Å². The van der Waals surface area contributed by atoms with Gasteiger partial charge in [-0.3, -0.25) is 19.4 Å². The van der Waals surface area contributed by atoms with Crippen LogP contribution in [0.1, 0.15) is 148 Å². The fourth-order valence-electron chi connectivity index (χ4n) is 13.6. The summed E-state index contributed by atoms with van der Waals surface area (Å²) in [6.07, 6.45) is 30.2. The fourth-order valence-corrected chi connectivity index (χ4v) is 24.9. The molecule has 0 radical (unpaired) electrons. The first-order valence-corrected chi connectivity index (χ1v) is 46.7. The van der Waals surface area contributed by atoms with Gasteiger partial charge in [0.1, 0.15) is 0 Å². The lowest BCUT2D eigenvalue weighted by atomic mass is 10.1. The zero-order valence-electron chi connectivity index (χ0n) is 62.5. The van der Waals surface area contributed by atoms with Crippen molar-refractivity contribution in [1.29, 1.82) is 0 Å². The average molecular weight is 1480 g/mol. The number of hydrogen-bond acceptors (Lipinski definition) is 8. The first kappa shape index (κ1) is 83.0. The summed E-state index contributed by atoms with van der Waals surface area (Å²) < 4.78 is 17.1. The molecule has 552 valence electrons. The van der Waals surface area contributed by atoms with Crippen LogP contribution in [-0.4, -0.2) is 128 Å². The Balaban J connectivity index is 0.670. The molecule has 0 bridgehead atoms. The molecule has 2 N–H and O–H groups in total. The summed E-state index contributed by atoms with van der Waals surface area (Å²) in [4.78, 5) is 34.2. The van der Waals surface area contributed by atoms with E-state index in [1.165, 1.54) is 145 Å². The molecule has 0 atom stereocenters. The second-order valence-corrected chi connectivity index (χ2v) is 39.0. The molecule has 0 unspecified atom stereocenters. The second kappa shape index (κ2) is 50.8. The molecule has 0 fully saturated rings. The second-order valence-electron chi connectivity index (χ2n) is 27.3. The molecule has 0 spiro atoms. The lowest BCUT2D eigenvalue weighted by Gasteiger charge is -2.32. The lowest BCUT2D eigenvalue weighted by molar-refractivity contribution is -0.121. The first-order chi connectivity index (χ1) is 50.8. The van der Waals surface area contributed by atoms with Crippen molar-refractivity contribution in [2.45, 2.75) is 154 Å². The van der Waals surface area contributed by atoms with Gasteiger partial charge < -0.3 is 28.8 Å². The molecule has 0 saturated heterocycles. The van der Waals surface area contributed by atoms with Crippen molar-refractivity contribution < 1.29 is 22.9 Å². The van der Waals surface area contributed by atoms with Crippen LogP contribution in [0.5, 0.6) is 0 Å². The Morgan fingerprint density at radius 3 is 0.699 bits per heavy atom. The van der Waals surface area contributed by atoms with Crippen LogP contribution in [0.2, 0.25) is 6.04 Å². The van der Waals surface area contributed by atoms with Gasteiger partial charge >= 0.3 is 8.80 Å². The van der Waals surface area contributed by atoms with Gasteiger partial charge in [-0.05, 0) is 126 Å². The standard InChI is InChI=1S/C88H121N5O5P4Si/c1-96-103(97-2,98-3)74-48-71-91(72-65-87(94)89-67-44-16-12-8-4-6-10-14-18-46-69-92(75-99(79-49-28-20-29-50-79)80-51-30-21-31-52-80)76-100(81-53-32-22-33-54-81)82-55-34-23-35-56-82)73-66-88(95)90-68-45-17-13-9-5-7-11-15-19-47-70-93(77-101(83-57-36-24-37-58-83)84-59-38-25-39-60-84)78-102(85-61-40-26-41-62-85)86-63-42-27-43-64-86/h20-43,49-64H,4-19,44-48,65-78H2,1-3H3,(H,89,94)(H,90,95). The minimum Gasteiger partial charge on any atom is -0.377 e. The van der Waals surface area contributed by atoms with E-state index in [4.69, 9.17) is 13.3 Å². The number of rotatable bonds is 55. The van der Waals surface area contributed by atoms with E-state index in [1.807, 2.05) is 0 Å². The van der Waals surface area contributed by atoms with E-state index in [1.54, 1.807) is 21.3 Å². The summed E-state index contributed by atoms with van der Waals surface area (Å²) in [6.45, 7) is 5.56. The molecule has 8 aromatic rings. The van der Waals surface area contributed by atoms with Crippen LogP contribution in [0.25, 0.3) is 0 Å². The third kappa shape index (κ3) is 31.8. The summed E-state index contributed by atoms with van der Waals surface area (Å²) in [5.41, 5.74) is 0. The quantitative estimate of drug-likeness (QED) is 0.0221. The number of carbonyl (C=O) groups is 2. The zero-order chi connectivity index (χ0) is 71.9. The van der Waals surface area contributed by atoms with Gasteiger partial charge in [-0.25, -0.2) is 0 Å². The van der Waals surface area contributed by atoms with Crippen molar-refractivity contribution in [3.8, 4) is 0 Å². The van der Waals surface area contributed by atoms with E-state index in [0.29, 0.717) is 45.1 Å². The molecule has 103 heavy (non-hydrogen) atoms. The number of unbranched alkanes of at least 4 members (excludes halogenated alkanes) is 18. The maximum Gasteiger partial charge on any atom is 0.500 e. The summed E-state index contributed by atoms with van der Waals surface area (Å²) in [5.74, 6) is 0.152. The predicted octanol–water partition coefficient (Wildman–Crippen LogP) is 17.3. The van der Waals surface area contributed by atoms with Crippen molar-refractivity contribution in [2.24, 2.45) is 0 Å². The molecule has 10 nitrogen and oxygen atoms in total. The summed E-state index contributed by atoms with van der Waals surface area (Å²) in [7, 11) is 0.0389. The monoisotopic (exact) mass is 1480 g/mol. The Kier molecular flexibility index (Phi) is 41.0. The van der Waals surface area contributed by atoms with Crippen LogP contribution in [0, 0.1) is 0 Å². The van der Waals surface area contributed by atoms with E-state index in [2.05, 4.69) is 268 Å². The highest BCUT2D eigenvalue weighted by atomic mass is 31.1. The topological polar surface area (TPSA) is 95.6 Å². The number of nitrogens with zero attached hydrogens (tertiary/aromatic N) is 3. The van der Waals surface area contributed by atoms with Crippen molar-refractivity contribution in [3.05, 3.63) is 243 Å². The number of benzene rings is 8. The van der Waals surface area contributed by atoms with E-state index < -0.39 is 40.5 Å². The van der Waals surface area contributed by atoms with Crippen molar-refractivity contribution in [1.82, 2.24) is 25.3 Å². The molecule has 0 aliphatic rings.